The number of para-hydroxylation sites is 1. The molecular formula is C22H23ClN6O3S. The average molecular weight is 487 g/mol. The van der Waals surface area contributed by atoms with Gasteiger partial charge in [0.1, 0.15) is 10.7 Å². The maximum absolute atomic E-state index is 12.8. The Balaban J connectivity index is 1.44. The van der Waals surface area contributed by atoms with Crippen LogP contribution < -0.4 is 16.2 Å². The smallest absolute Gasteiger partial charge is 0.271 e. The number of aromatic amines is 1. The van der Waals surface area contributed by atoms with Gasteiger partial charge in [-0.15, -0.1) is 0 Å². The van der Waals surface area contributed by atoms with E-state index in [9.17, 15) is 13.2 Å². The molecule has 11 heteroatoms. The summed E-state index contributed by atoms with van der Waals surface area (Å²) in [5, 5.41) is 5.88. The number of nitrogens with one attached hydrogen (secondary N) is 3. The van der Waals surface area contributed by atoms with Crippen LogP contribution in [0.5, 0.6) is 0 Å². The Hall–Kier alpha value is -2.95. The second-order valence-corrected chi connectivity index (χ2v) is 11.0. The normalized spacial score (nSPS) is 16.3. The summed E-state index contributed by atoms with van der Waals surface area (Å²) in [5.41, 5.74) is 2.45. The third-order valence-corrected chi connectivity index (χ3v) is 8.39. The first-order valence-corrected chi connectivity index (χ1v) is 12.6. The Labute approximate surface area is 196 Å². The number of aromatic nitrogens is 3. The average Bonchev–Trinajstić information content (AvgIpc) is 3.63. The number of likely N-dealkylation sites (N-methyl/N-ethyl adjacent to an activating group) is 1. The highest BCUT2D eigenvalue weighted by Crippen LogP contribution is 2.37. The summed E-state index contributed by atoms with van der Waals surface area (Å²) in [7, 11) is -1.39. The number of H-pyrrole nitrogens is 1. The van der Waals surface area contributed by atoms with Crippen molar-refractivity contribution in [2.24, 2.45) is 0 Å². The summed E-state index contributed by atoms with van der Waals surface area (Å²) in [5.74, 6) is 0.404. The van der Waals surface area contributed by atoms with E-state index >= 15 is 0 Å². The number of fused-ring (bicyclic) bond motifs is 1. The zero-order valence-electron chi connectivity index (χ0n) is 17.9. The minimum absolute atomic E-state index is 0.166. The van der Waals surface area contributed by atoms with Crippen molar-refractivity contribution < 1.29 is 8.42 Å². The highest BCUT2D eigenvalue weighted by atomic mass is 35.5. The molecule has 1 fully saturated rings. The van der Waals surface area contributed by atoms with Crippen LogP contribution in [0.3, 0.4) is 0 Å². The molecule has 1 aliphatic heterocycles. The van der Waals surface area contributed by atoms with Gasteiger partial charge in [0.15, 0.2) is 15.7 Å². The Morgan fingerprint density at radius 2 is 1.97 bits per heavy atom. The van der Waals surface area contributed by atoms with Crippen molar-refractivity contribution in [3.63, 3.8) is 0 Å². The number of hydrogen-bond acceptors (Lipinski definition) is 8. The molecule has 9 nitrogen and oxygen atoms in total. The fourth-order valence-electron chi connectivity index (χ4n) is 3.88. The minimum atomic E-state index is -3.42. The van der Waals surface area contributed by atoms with Gasteiger partial charge in [-0.05, 0) is 43.7 Å². The molecule has 33 heavy (non-hydrogen) atoms. The molecule has 0 unspecified atom stereocenters. The third-order valence-electron chi connectivity index (χ3n) is 5.80. The lowest BCUT2D eigenvalue weighted by molar-refractivity contribution is 0.310. The summed E-state index contributed by atoms with van der Waals surface area (Å²) < 4.78 is 25.6. The highest BCUT2D eigenvalue weighted by Gasteiger charge is 2.38. The molecule has 0 amide bonds. The second kappa shape index (κ2) is 8.44. The quantitative estimate of drug-likeness (QED) is 0.485. The monoisotopic (exact) mass is 486 g/mol. The molecule has 5 rings (SSSR count). The number of sulfone groups is 1. The fraction of sp³-hybridized carbons (Fsp3) is 0.318. The molecule has 0 radical (unpaired) electrons. The highest BCUT2D eigenvalue weighted by molar-refractivity contribution is 7.92. The summed E-state index contributed by atoms with van der Waals surface area (Å²) in [6.45, 7) is 1.63. The van der Waals surface area contributed by atoms with Gasteiger partial charge in [-0.1, -0.05) is 23.7 Å². The van der Waals surface area contributed by atoms with E-state index in [0.29, 0.717) is 24.2 Å². The van der Waals surface area contributed by atoms with Crippen LogP contribution in [0.15, 0.2) is 46.2 Å². The van der Waals surface area contributed by atoms with E-state index in [4.69, 9.17) is 11.6 Å². The van der Waals surface area contributed by atoms with Gasteiger partial charge in [0, 0.05) is 25.2 Å². The summed E-state index contributed by atoms with van der Waals surface area (Å²) in [4.78, 5) is 26.4. The number of anilines is 4. The van der Waals surface area contributed by atoms with Gasteiger partial charge in [0.25, 0.3) is 5.56 Å². The molecule has 3 N–H and O–H groups in total. The lowest BCUT2D eigenvalue weighted by Gasteiger charge is -2.24. The predicted molar refractivity (Wildman–Crippen MR) is 127 cm³/mol. The van der Waals surface area contributed by atoms with Crippen LogP contribution in [-0.4, -0.2) is 47.1 Å². The zero-order chi connectivity index (χ0) is 23.2. The zero-order valence-corrected chi connectivity index (χ0v) is 19.5. The van der Waals surface area contributed by atoms with Crippen LogP contribution in [0.4, 0.5) is 23.1 Å². The Kier molecular flexibility index (Phi) is 5.59. The second-order valence-electron chi connectivity index (χ2n) is 8.38. The van der Waals surface area contributed by atoms with Gasteiger partial charge in [-0.3, -0.25) is 4.79 Å². The third kappa shape index (κ3) is 4.46. The number of hydrogen-bond donors (Lipinski definition) is 3. The molecule has 0 saturated heterocycles. The van der Waals surface area contributed by atoms with Crippen LogP contribution in [0.25, 0.3) is 0 Å². The number of rotatable bonds is 6. The van der Waals surface area contributed by atoms with Crippen molar-refractivity contribution in [3.05, 3.63) is 63.2 Å². The lowest BCUT2D eigenvalue weighted by Crippen LogP contribution is -2.29. The van der Waals surface area contributed by atoms with E-state index in [-0.39, 0.29) is 32.5 Å². The Bertz CT molecular complexity index is 1390. The number of halogens is 1. The van der Waals surface area contributed by atoms with Crippen LogP contribution in [0, 0.1) is 0 Å². The van der Waals surface area contributed by atoms with Gasteiger partial charge < -0.3 is 20.5 Å². The SMILES string of the molecule is CN1CCc2[nH]c(=O)c(Nc3ncc(Cl)c(Nc4ccccc4S(=O)(=O)C4CC4)n3)cc2C1. The van der Waals surface area contributed by atoms with Crippen molar-refractivity contribution in [1.29, 1.82) is 0 Å². The predicted octanol–water partition coefficient (Wildman–Crippen LogP) is 3.23. The molecule has 1 aromatic carbocycles. The number of benzene rings is 1. The molecule has 0 spiro atoms. The number of pyridine rings is 1. The fourth-order valence-corrected chi connectivity index (χ4v) is 5.83. The van der Waals surface area contributed by atoms with Crippen molar-refractivity contribution in [3.8, 4) is 0 Å². The van der Waals surface area contributed by atoms with Gasteiger partial charge in [-0.25, -0.2) is 13.4 Å². The molecule has 1 saturated carbocycles. The standard InChI is InChI=1S/C22H23ClN6O3S/c1-29-9-8-16-13(12-29)10-18(21(30)26-16)27-22-24-11-15(23)20(28-22)25-17-4-2-3-5-19(17)33(31,32)14-6-7-14/h2-5,10-11,14H,6-9,12H2,1H3,(H,26,30)(H2,24,25,27,28). The lowest BCUT2D eigenvalue weighted by atomic mass is 10.1. The summed E-state index contributed by atoms with van der Waals surface area (Å²) in [6, 6.07) is 8.49. The Morgan fingerprint density at radius 1 is 1.18 bits per heavy atom. The van der Waals surface area contributed by atoms with Gasteiger partial charge >= 0.3 is 0 Å². The van der Waals surface area contributed by atoms with Crippen LogP contribution >= 0.6 is 11.6 Å². The topological polar surface area (TPSA) is 120 Å². The van der Waals surface area contributed by atoms with E-state index in [0.717, 1.165) is 30.8 Å². The van der Waals surface area contributed by atoms with E-state index in [2.05, 4.69) is 30.5 Å². The molecule has 172 valence electrons. The summed E-state index contributed by atoms with van der Waals surface area (Å²) >= 11 is 6.29. The maximum atomic E-state index is 12.8. The first kappa shape index (κ1) is 21.9. The molecule has 3 heterocycles. The van der Waals surface area contributed by atoms with Crippen LogP contribution in [0.2, 0.25) is 5.02 Å². The molecule has 3 aromatic rings. The van der Waals surface area contributed by atoms with Crippen LogP contribution in [-0.2, 0) is 22.8 Å². The molecule has 2 aliphatic rings. The molecule has 2 aromatic heterocycles. The van der Waals surface area contributed by atoms with E-state index < -0.39 is 9.84 Å². The largest absolute Gasteiger partial charge is 0.338 e. The van der Waals surface area contributed by atoms with Crippen molar-refractivity contribution in [2.45, 2.75) is 36.0 Å². The maximum Gasteiger partial charge on any atom is 0.271 e. The molecule has 0 bridgehead atoms. The molecule has 1 aliphatic carbocycles. The van der Waals surface area contributed by atoms with Gasteiger partial charge in [-0.2, -0.15) is 4.98 Å². The van der Waals surface area contributed by atoms with E-state index in [1.807, 2.05) is 13.1 Å². The molecular weight excluding hydrogens is 464 g/mol. The molecule has 0 atom stereocenters. The van der Waals surface area contributed by atoms with Crippen LogP contribution in [0.1, 0.15) is 24.1 Å². The van der Waals surface area contributed by atoms with Gasteiger partial charge in [0.2, 0.25) is 5.95 Å². The van der Waals surface area contributed by atoms with E-state index in [1.54, 1.807) is 24.3 Å². The first-order chi connectivity index (χ1) is 15.8. The summed E-state index contributed by atoms with van der Waals surface area (Å²) in [6.07, 6.45) is 3.53. The van der Waals surface area contributed by atoms with Gasteiger partial charge in [0.05, 0.1) is 22.0 Å². The minimum Gasteiger partial charge on any atom is -0.338 e. The number of nitrogens with zero attached hydrogens (tertiary/aromatic N) is 3. The van der Waals surface area contributed by atoms with Crippen molar-refractivity contribution >= 4 is 44.6 Å². The van der Waals surface area contributed by atoms with Crippen molar-refractivity contribution in [1.82, 2.24) is 19.9 Å². The first-order valence-electron chi connectivity index (χ1n) is 10.6. The van der Waals surface area contributed by atoms with Crippen molar-refractivity contribution in [2.75, 3.05) is 24.2 Å². The van der Waals surface area contributed by atoms with E-state index in [1.165, 1.54) is 6.20 Å². The Morgan fingerprint density at radius 3 is 2.76 bits per heavy atom.